The van der Waals surface area contributed by atoms with Crippen LogP contribution in [0.1, 0.15) is 49.8 Å². The van der Waals surface area contributed by atoms with Crippen LogP contribution in [0.2, 0.25) is 0 Å². The Hall–Kier alpha value is -0.860. The first-order valence-corrected chi connectivity index (χ1v) is 7.99. The van der Waals surface area contributed by atoms with Crippen molar-refractivity contribution in [3.63, 3.8) is 0 Å². The van der Waals surface area contributed by atoms with Gasteiger partial charge in [-0.05, 0) is 69.7 Å². The molecule has 2 unspecified atom stereocenters. The van der Waals surface area contributed by atoms with Gasteiger partial charge in [-0.2, -0.15) is 0 Å². The summed E-state index contributed by atoms with van der Waals surface area (Å²) >= 11 is 0. The first kappa shape index (κ1) is 15.5. The van der Waals surface area contributed by atoms with E-state index in [4.69, 9.17) is 4.74 Å². The number of benzene rings is 1. The molecule has 2 nitrogen and oxygen atoms in total. The quantitative estimate of drug-likeness (QED) is 0.883. The fourth-order valence-electron chi connectivity index (χ4n) is 3.36. The van der Waals surface area contributed by atoms with Crippen LogP contribution in [0.25, 0.3) is 0 Å². The molecule has 0 amide bonds. The lowest BCUT2D eigenvalue weighted by Gasteiger charge is -2.41. The van der Waals surface area contributed by atoms with Gasteiger partial charge in [0.1, 0.15) is 0 Å². The molecule has 1 aliphatic heterocycles. The fourth-order valence-corrected chi connectivity index (χ4v) is 3.36. The van der Waals surface area contributed by atoms with E-state index in [9.17, 15) is 0 Å². The van der Waals surface area contributed by atoms with Gasteiger partial charge >= 0.3 is 0 Å². The minimum absolute atomic E-state index is 0.0248. The topological polar surface area (TPSA) is 21.3 Å². The Morgan fingerprint density at radius 2 is 1.95 bits per heavy atom. The summed E-state index contributed by atoms with van der Waals surface area (Å²) in [6, 6.07) is 6.98. The molecule has 1 saturated heterocycles. The molecule has 20 heavy (non-hydrogen) atoms. The number of aryl methyl sites for hydroxylation is 2. The lowest BCUT2D eigenvalue weighted by Crippen LogP contribution is -2.53. The molecule has 0 radical (unpaired) electrons. The molecule has 1 aromatic rings. The van der Waals surface area contributed by atoms with E-state index in [1.807, 2.05) is 0 Å². The molecule has 0 aliphatic carbocycles. The van der Waals surface area contributed by atoms with Gasteiger partial charge in [-0.3, -0.25) is 0 Å². The Morgan fingerprint density at radius 3 is 2.50 bits per heavy atom. The lowest BCUT2D eigenvalue weighted by molar-refractivity contribution is -0.0881. The molecule has 2 heteroatoms. The molecule has 1 heterocycles. The van der Waals surface area contributed by atoms with Gasteiger partial charge in [0.25, 0.3) is 0 Å². The van der Waals surface area contributed by atoms with E-state index in [1.165, 1.54) is 29.5 Å². The summed E-state index contributed by atoms with van der Waals surface area (Å²) < 4.78 is 6.17. The standard InChI is InChI=1S/C18H29NO/c1-5-19-17(18(4)11-6-7-12-20-18)13-16-14(2)9-8-10-15(16)3/h8-10,17,19H,5-7,11-13H2,1-4H3. The van der Waals surface area contributed by atoms with Crippen LogP contribution in [0.4, 0.5) is 0 Å². The molecule has 2 rings (SSSR count). The SMILES string of the molecule is CCNC(Cc1c(C)cccc1C)C1(C)CCCCO1. The van der Waals surface area contributed by atoms with Gasteiger partial charge in [0.2, 0.25) is 0 Å². The van der Waals surface area contributed by atoms with E-state index < -0.39 is 0 Å². The minimum Gasteiger partial charge on any atom is -0.374 e. The smallest absolute Gasteiger partial charge is 0.0810 e. The van der Waals surface area contributed by atoms with Crippen LogP contribution in [0, 0.1) is 13.8 Å². The predicted molar refractivity (Wildman–Crippen MR) is 85.3 cm³/mol. The van der Waals surface area contributed by atoms with Crippen molar-refractivity contribution in [1.82, 2.24) is 5.32 Å². The Balaban J connectivity index is 2.20. The maximum Gasteiger partial charge on any atom is 0.0810 e. The van der Waals surface area contributed by atoms with Gasteiger partial charge in [-0.15, -0.1) is 0 Å². The van der Waals surface area contributed by atoms with Crippen molar-refractivity contribution in [3.05, 3.63) is 34.9 Å². The van der Waals surface area contributed by atoms with Crippen molar-refractivity contribution >= 4 is 0 Å². The average Bonchev–Trinajstić information content (AvgIpc) is 2.42. The maximum absolute atomic E-state index is 6.17. The van der Waals surface area contributed by atoms with Crippen LogP contribution in [-0.4, -0.2) is 24.8 Å². The summed E-state index contributed by atoms with van der Waals surface area (Å²) in [7, 11) is 0. The number of likely N-dealkylation sites (N-methyl/N-ethyl adjacent to an activating group) is 1. The molecule has 0 bridgehead atoms. The van der Waals surface area contributed by atoms with Crippen LogP contribution in [0.5, 0.6) is 0 Å². The van der Waals surface area contributed by atoms with E-state index in [-0.39, 0.29) is 5.60 Å². The Labute approximate surface area is 123 Å². The molecule has 0 aromatic heterocycles. The maximum atomic E-state index is 6.17. The highest BCUT2D eigenvalue weighted by atomic mass is 16.5. The van der Waals surface area contributed by atoms with Crippen LogP contribution >= 0.6 is 0 Å². The average molecular weight is 275 g/mol. The van der Waals surface area contributed by atoms with E-state index in [0.29, 0.717) is 6.04 Å². The number of rotatable bonds is 5. The van der Waals surface area contributed by atoms with E-state index in [2.05, 4.69) is 51.2 Å². The van der Waals surface area contributed by atoms with Crippen LogP contribution in [0.3, 0.4) is 0 Å². The summed E-state index contributed by atoms with van der Waals surface area (Å²) in [5, 5.41) is 3.67. The fraction of sp³-hybridized carbons (Fsp3) is 0.667. The second kappa shape index (κ2) is 6.73. The zero-order valence-corrected chi connectivity index (χ0v) is 13.5. The number of hydrogen-bond donors (Lipinski definition) is 1. The highest BCUT2D eigenvalue weighted by molar-refractivity contribution is 5.34. The Morgan fingerprint density at radius 1 is 1.25 bits per heavy atom. The second-order valence-electron chi connectivity index (χ2n) is 6.30. The lowest BCUT2D eigenvalue weighted by atomic mass is 9.83. The van der Waals surface area contributed by atoms with Gasteiger partial charge in [-0.1, -0.05) is 25.1 Å². The molecular weight excluding hydrogens is 246 g/mol. The van der Waals surface area contributed by atoms with Crippen molar-refractivity contribution in [2.24, 2.45) is 0 Å². The molecule has 1 N–H and O–H groups in total. The van der Waals surface area contributed by atoms with Gasteiger partial charge < -0.3 is 10.1 Å². The molecule has 112 valence electrons. The summed E-state index contributed by atoms with van der Waals surface area (Å²) in [4.78, 5) is 0. The summed E-state index contributed by atoms with van der Waals surface area (Å²) in [5.74, 6) is 0. The first-order chi connectivity index (χ1) is 9.57. The third kappa shape index (κ3) is 3.42. The monoisotopic (exact) mass is 275 g/mol. The van der Waals surface area contributed by atoms with E-state index in [0.717, 1.165) is 26.0 Å². The highest BCUT2D eigenvalue weighted by Crippen LogP contribution is 2.30. The van der Waals surface area contributed by atoms with E-state index in [1.54, 1.807) is 0 Å². The summed E-state index contributed by atoms with van der Waals surface area (Å²) in [6.07, 6.45) is 4.71. The number of hydrogen-bond acceptors (Lipinski definition) is 2. The highest BCUT2D eigenvalue weighted by Gasteiger charge is 2.36. The molecule has 2 atom stereocenters. The van der Waals surface area contributed by atoms with Crippen molar-refractivity contribution in [1.29, 1.82) is 0 Å². The summed E-state index contributed by atoms with van der Waals surface area (Å²) in [5.41, 5.74) is 4.25. The van der Waals surface area contributed by atoms with Gasteiger partial charge in [0.15, 0.2) is 0 Å². The van der Waals surface area contributed by atoms with E-state index >= 15 is 0 Å². The van der Waals surface area contributed by atoms with Crippen molar-refractivity contribution in [2.75, 3.05) is 13.2 Å². The molecular formula is C18H29NO. The zero-order valence-electron chi connectivity index (χ0n) is 13.5. The minimum atomic E-state index is -0.0248. The zero-order chi connectivity index (χ0) is 14.6. The predicted octanol–water partition coefficient (Wildman–Crippen LogP) is 3.78. The van der Waals surface area contributed by atoms with Crippen LogP contribution in [-0.2, 0) is 11.2 Å². The molecule has 0 saturated carbocycles. The van der Waals surface area contributed by atoms with Gasteiger partial charge in [0, 0.05) is 12.6 Å². The van der Waals surface area contributed by atoms with Gasteiger partial charge in [0.05, 0.1) is 5.60 Å². The molecule has 1 fully saturated rings. The van der Waals surface area contributed by atoms with Crippen molar-refractivity contribution < 1.29 is 4.74 Å². The Kier molecular flexibility index (Phi) is 5.22. The summed E-state index contributed by atoms with van der Waals surface area (Å²) in [6.45, 7) is 10.8. The number of ether oxygens (including phenoxy) is 1. The molecule has 0 spiro atoms. The Bertz CT molecular complexity index is 415. The van der Waals surface area contributed by atoms with Crippen LogP contribution < -0.4 is 5.32 Å². The second-order valence-corrected chi connectivity index (χ2v) is 6.30. The largest absolute Gasteiger partial charge is 0.374 e. The van der Waals surface area contributed by atoms with Crippen molar-refractivity contribution in [2.45, 2.75) is 65.0 Å². The normalized spacial score (nSPS) is 24.6. The molecule has 1 aliphatic rings. The molecule has 1 aromatic carbocycles. The first-order valence-electron chi connectivity index (χ1n) is 7.99. The number of nitrogens with one attached hydrogen (secondary N) is 1. The van der Waals surface area contributed by atoms with Gasteiger partial charge in [-0.25, -0.2) is 0 Å². The van der Waals surface area contributed by atoms with Crippen LogP contribution in [0.15, 0.2) is 18.2 Å². The van der Waals surface area contributed by atoms with Crippen molar-refractivity contribution in [3.8, 4) is 0 Å². The third-order valence-corrected chi connectivity index (χ3v) is 4.74. The third-order valence-electron chi connectivity index (χ3n) is 4.74.